The molecule has 0 spiro atoms. The molecule has 0 radical (unpaired) electrons. The molecule has 0 aliphatic heterocycles. The molecule has 2 rings (SSSR count). The lowest BCUT2D eigenvalue weighted by molar-refractivity contribution is 0.0909. The molecule has 1 unspecified atom stereocenters. The predicted molar refractivity (Wildman–Crippen MR) is 75.9 cm³/mol. The van der Waals surface area contributed by atoms with Crippen molar-refractivity contribution in [3.05, 3.63) is 35.8 Å². The number of aromatic amines is 1. The fourth-order valence-electron chi connectivity index (χ4n) is 2.53. The molecule has 1 atom stereocenters. The van der Waals surface area contributed by atoms with Crippen LogP contribution in [0.5, 0.6) is 0 Å². The van der Waals surface area contributed by atoms with Crippen molar-refractivity contribution in [2.24, 2.45) is 5.92 Å². The molecule has 0 saturated heterocycles. The number of carbonyl (C=O) groups is 1. The fraction of sp³-hybridized carbons (Fsp3) is 0.438. The number of carbonyl (C=O) groups excluding carboxylic acids is 1. The monoisotopic (exact) mass is 261 g/mol. The number of fused-ring (bicyclic) bond motifs is 1. The van der Waals surface area contributed by atoms with E-state index in [-0.39, 0.29) is 17.5 Å². The molecular weight excluding hydrogens is 241 g/mol. The van der Waals surface area contributed by atoms with Crippen LogP contribution in [0.15, 0.2) is 24.4 Å². The highest BCUT2D eigenvalue weighted by molar-refractivity contribution is 6.09. The second kappa shape index (κ2) is 6.00. The van der Waals surface area contributed by atoms with E-state index in [9.17, 15) is 9.18 Å². The van der Waals surface area contributed by atoms with E-state index in [1.807, 2.05) is 6.92 Å². The summed E-state index contributed by atoms with van der Waals surface area (Å²) >= 11 is 0. The lowest BCUT2D eigenvalue weighted by Gasteiger charge is -2.12. The van der Waals surface area contributed by atoms with Gasteiger partial charge in [0.2, 0.25) is 0 Å². The van der Waals surface area contributed by atoms with Gasteiger partial charge in [-0.05, 0) is 25.0 Å². The number of rotatable bonds is 6. The molecule has 0 bridgehead atoms. The van der Waals surface area contributed by atoms with Gasteiger partial charge in [-0.15, -0.1) is 0 Å². The first-order chi connectivity index (χ1) is 9.19. The van der Waals surface area contributed by atoms with Gasteiger partial charge in [0.25, 0.3) is 0 Å². The van der Waals surface area contributed by atoms with Crippen molar-refractivity contribution in [2.75, 3.05) is 0 Å². The molecule has 0 fully saturated rings. The van der Waals surface area contributed by atoms with Gasteiger partial charge in [0.15, 0.2) is 5.78 Å². The molecule has 1 N–H and O–H groups in total. The van der Waals surface area contributed by atoms with Crippen LogP contribution in [0.4, 0.5) is 4.39 Å². The number of aromatic nitrogens is 1. The zero-order valence-electron chi connectivity index (χ0n) is 11.5. The predicted octanol–water partition coefficient (Wildman–Crippen LogP) is 4.71. The molecule has 2 aromatic rings. The Morgan fingerprint density at radius 3 is 2.84 bits per heavy atom. The SMILES string of the molecule is CCCCC(CC)C(=O)c1c[nH]c2cccc(F)c12. The van der Waals surface area contributed by atoms with Crippen molar-refractivity contribution in [1.82, 2.24) is 4.98 Å². The van der Waals surface area contributed by atoms with E-state index in [1.54, 1.807) is 18.3 Å². The van der Waals surface area contributed by atoms with Gasteiger partial charge >= 0.3 is 0 Å². The minimum Gasteiger partial charge on any atom is -0.360 e. The second-order valence-electron chi connectivity index (χ2n) is 4.98. The van der Waals surface area contributed by atoms with Crippen LogP contribution in [-0.2, 0) is 0 Å². The van der Waals surface area contributed by atoms with Gasteiger partial charge in [0.05, 0.1) is 0 Å². The molecule has 0 amide bonds. The second-order valence-corrected chi connectivity index (χ2v) is 4.98. The number of ketones is 1. The summed E-state index contributed by atoms with van der Waals surface area (Å²) in [4.78, 5) is 15.5. The van der Waals surface area contributed by atoms with Crippen molar-refractivity contribution in [2.45, 2.75) is 39.5 Å². The van der Waals surface area contributed by atoms with Crippen molar-refractivity contribution in [3.8, 4) is 0 Å². The van der Waals surface area contributed by atoms with Crippen LogP contribution in [0.1, 0.15) is 49.9 Å². The summed E-state index contributed by atoms with van der Waals surface area (Å²) in [6.45, 7) is 4.13. The fourth-order valence-corrected chi connectivity index (χ4v) is 2.53. The first kappa shape index (κ1) is 13.8. The number of hydrogen-bond acceptors (Lipinski definition) is 1. The molecule has 0 aliphatic rings. The summed E-state index contributed by atoms with van der Waals surface area (Å²) in [5.41, 5.74) is 1.18. The first-order valence-electron chi connectivity index (χ1n) is 6.98. The normalized spacial score (nSPS) is 12.8. The zero-order chi connectivity index (χ0) is 13.8. The highest BCUT2D eigenvalue weighted by Gasteiger charge is 2.22. The van der Waals surface area contributed by atoms with Gasteiger partial charge in [0.1, 0.15) is 5.82 Å². The Morgan fingerprint density at radius 1 is 1.37 bits per heavy atom. The molecule has 1 aromatic carbocycles. The molecule has 19 heavy (non-hydrogen) atoms. The standard InChI is InChI=1S/C16H20FNO/c1-3-5-7-11(4-2)16(19)12-10-18-14-9-6-8-13(17)15(12)14/h6,8-11,18H,3-5,7H2,1-2H3. The zero-order valence-corrected chi connectivity index (χ0v) is 11.5. The Hall–Kier alpha value is -1.64. The number of hydrogen-bond donors (Lipinski definition) is 1. The average molecular weight is 261 g/mol. The summed E-state index contributed by atoms with van der Waals surface area (Å²) in [5.74, 6) is -0.265. The van der Waals surface area contributed by atoms with Crippen LogP contribution < -0.4 is 0 Å². The van der Waals surface area contributed by atoms with Gasteiger partial charge in [-0.1, -0.05) is 32.8 Å². The summed E-state index contributed by atoms with van der Waals surface area (Å²) in [6.07, 6.45) is 5.44. The van der Waals surface area contributed by atoms with E-state index in [0.717, 1.165) is 25.7 Å². The van der Waals surface area contributed by atoms with Crippen LogP contribution in [0.25, 0.3) is 10.9 Å². The Bertz CT molecular complexity index is 573. The number of unbranched alkanes of at least 4 members (excludes halogenated alkanes) is 1. The van der Waals surface area contributed by atoms with Crippen molar-refractivity contribution in [3.63, 3.8) is 0 Å². The van der Waals surface area contributed by atoms with Gasteiger partial charge in [-0.2, -0.15) is 0 Å². The van der Waals surface area contributed by atoms with Gasteiger partial charge in [-0.3, -0.25) is 4.79 Å². The molecule has 1 aromatic heterocycles. The highest BCUT2D eigenvalue weighted by atomic mass is 19.1. The van der Waals surface area contributed by atoms with E-state index in [4.69, 9.17) is 0 Å². The van der Waals surface area contributed by atoms with E-state index in [2.05, 4.69) is 11.9 Å². The molecule has 3 heteroatoms. The minimum absolute atomic E-state index is 0.00134. The number of nitrogens with one attached hydrogen (secondary N) is 1. The minimum atomic E-state index is -0.326. The maximum Gasteiger partial charge on any atom is 0.168 e. The van der Waals surface area contributed by atoms with Crippen molar-refractivity contribution < 1.29 is 9.18 Å². The van der Waals surface area contributed by atoms with Crippen LogP contribution in [-0.4, -0.2) is 10.8 Å². The molecule has 1 heterocycles. The lowest BCUT2D eigenvalue weighted by Crippen LogP contribution is -2.14. The maximum absolute atomic E-state index is 13.9. The molecule has 0 aliphatic carbocycles. The van der Waals surface area contributed by atoms with Crippen molar-refractivity contribution in [1.29, 1.82) is 0 Å². The van der Waals surface area contributed by atoms with Crippen LogP contribution in [0, 0.1) is 11.7 Å². The van der Waals surface area contributed by atoms with E-state index >= 15 is 0 Å². The average Bonchev–Trinajstić information content (AvgIpc) is 2.84. The maximum atomic E-state index is 13.9. The molecule has 2 nitrogen and oxygen atoms in total. The summed E-state index contributed by atoms with van der Waals surface area (Å²) in [5, 5.41) is 0.433. The number of Topliss-reactive ketones (excluding diaryl/α,β-unsaturated/α-hetero) is 1. The van der Waals surface area contributed by atoms with Crippen LogP contribution in [0.2, 0.25) is 0 Å². The van der Waals surface area contributed by atoms with Gasteiger partial charge in [0, 0.05) is 28.6 Å². The molecule has 102 valence electrons. The molecule has 0 saturated carbocycles. The van der Waals surface area contributed by atoms with Crippen molar-refractivity contribution >= 4 is 16.7 Å². The topological polar surface area (TPSA) is 32.9 Å². The smallest absolute Gasteiger partial charge is 0.168 e. The van der Waals surface area contributed by atoms with Gasteiger partial charge in [-0.25, -0.2) is 4.39 Å². The van der Waals surface area contributed by atoms with Crippen LogP contribution in [0.3, 0.4) is 0 Å². The Kier molecular flexibility index (Phi) is 4.35. The Balaban J connectivity index is 2.35. The Labute approximate surface area is 113 Å². The summed E-state index contributed by atoms with van der Waals surface area (Å²) in [6, 6.07) is 4.85. The van der Waals surface area contributed by atoms with E-state index < -0.39 is 0 Å². The van der Waals surface area contributed by atoms with E-state index in [0.29, 0.717) is 16.5 Å². The number of benzene rings is 1. The third-order valence-electron chi connectivity index (χ3n) is 3.69. The third kappa shape index (κ3) is 2.70. The molecular formula is C16H20FNO. The third-order valence-corrected chi connectivity index (χ3v) is 3.69. The van der Waals surface area contributed by atoms with E-state index in [1.165, 1.54) is 6.07 Å². The summed E-state index contributed by atoms with van der Waals surface area (Å²) < 4.78 is 13.9. The van der Waals surface area contributed by atoms with Crippen LogP contribution >= 0.6 is 0 Å². The first-order valence-corrected chi connectivity index (χ1v) is 6.98. The largest absolute Gasteiger partial charge is 0.360 e. The number of halogens is 1. The quantitative estimate of drug-likeness (QED) is 0.751. The number of H-pyrrole nitrogens is 1. The Morgan fingerprint density at radius 2 is 2.16 bits per heavy atom. The lowest BCUT2D eigenvalue weighted by atomic mass is 9.90. The summed E-state index contributed by atoms with van der Waals surface area (Å²) in [7, 11) is 0. The van der Waals surface area contributed by atoms with Gasteiger partial charge < -0.3 is 4.98 Å². The highest BCUT2D eigenvalue weighted by Crippen LogP contribution is 2.26.